The SMILES string of the molecule is CN=C(NCCn1cc(C)cn1)NCc1cccs1. The van der Waals surface area contributed by atoms with Crippen molar-refractivity contribution in [3.8, 4) is 0 Å². The minimum Gasteiger partial charge on any atom is -0.355 e. The van der Waals surface area contributed by atoms with Crippen LogP contribution in [0.1, 0.15) is 10.4 Å². The van der Waals surface area contributed by atoms with E-state index in [2.05, 4.69) is 38.2 Å². The van der Waals surface area contributed by atoms with Gasteiger partial charge in [0.15, 0.2) is 5.96 Å². The first-order valence-electron chi connectivity index (χ1n) is 6.24. The Morgan fingerprint density at radius 3 is 3.00 bits per heavy atom. The lowest BCUT2D eigenvalue weighted by Gasteiger charge is -2.11. The molecule has 2 rings (SSSR count). The zero-order valence-electron chi connectivity index (χ0n) is 11.3. The summed E-state index contributed by atoms with van der Waals surface area (Å²) in [5.41, 5.74) is 1.18. The van der Waals surface area contributed by atoms with Gasteiger partial charge in [-0.05, 0) is 23.9 Å². The smallest absolute Gasteiger partial charge is 0.191 e. The van der Waals surface area contributed by atoms with Crippen LogP contribution in [0.15, 0.2) is 34.9 Å². The number of nitrogens with zero attached hydrogens (tertiary/aromatic N) is 3. The molecular formula is C13H19N5S. The lowest BCUT2D eigenvalue weighted by molar-refractivity contribution is 0.597. The fourth-order valence-electron chi connectivity index (χ4n) is 1.68. The normalized spacial score (nSPS) is 11.6. The quantitative estimate of drug-likeness (QED) is 0.645. The number of rotatable bonds is 5. The highest BCUT2D eigenvalue weighted by molar-refractivity contribution is 7.09. The van der Waals surface area contributed by atoms with E-state index in [1.165, 1.54) is 10.4 Å². The van der Waals surface area contributed by atoms with Gasteiger partial charge in [-0.2, -0.15) is 5.10 Å². The summed E-state index contributed by atoms with van der Waals surface area (Å²) in [6.45, 7) is 4.47. The molecule has 0 fully saturated rings. The van der Waals surface area contributed by atoms with Crippen LogP contribution in [-0.4, -0.2) is 29.3 Å². The Hall–Kier alpha value is -1.82. The average molecular weight is 277 g/mol. The Balaban J connectivity index is 1.71. The van der Waals surface area contributed by atoms with E-state index >= 15 is 0 Å². The Bertz CT molecular complexity index is 515. The summed E-state index contributed by atoms with van der Waals surface area (Å²) in [4.78, 5) is 5.49. The van der Waals surface area contributed by atoms with Crippen molar-refractivity contribution < 1.29 is 0 Å². The first kappa shape index (κ1) is 13.6. The standard InChI is InChI=1S/C13H19N5S/c1-11-8-17-18(10-11)6-5-15-13(14-2)16-9-12-4-3-7-19-12/h3-4,7-8,10H,5-6,9H2,1-2H3,(H2,14,15,16). The third kappa shape index (κ3) is 4.40. The van der Waals surface area contributed by atoms with Gasteiger partial charge in [-0.15, -0.1) is 11.3 Å². The largest absolute Gasteiger partial charge is 0.355 e. The molecule has 0 aliphatic carbocycles. The molecular weight excluding hydrogens is 258 g/mol. The zero-order valence-corrected chi connectivity index (χ0v) is 12.1. The van der Waals surface area contributed by atoms with Gasteiger partial charge in [0.1, 0.15) is 0 Å². The van der Waals surface area contributed by atoms with E-state index in [4.69, 9.17) is 0 Å². The number of thiophene rings is 1. The lowest BCUT2D eigenvalue weighted by Crippen LogP contribution is -2.38. The first-order valence-corrected chi connectivity index (χ1v) is 7.12. The monoisotopic (exact) mass is 277 g/mol. The second-order valence-corrected chi connectivity index (χ2v) is 5.24. The zero-order chi connectivity index (χ0) is 13.5. The minimum absolute atomic E-state index is 0.797. The van der Waals surface area contributed by atoms with E-state index in [1.807, 2.05) is 24.0 Å². The van der Waals surface area contributed by atoms with Gasteiger partial charge < -0.3 is 10.6 Å². The summed E-state index contributed by atoms with van der Waals surface area (Å²) in [6, 6.07) is 4.16. The fraction of sp³-hybridized carbons (Fsp3) is 0.385. The number of aliphatic imine (C=N–C) groups is 1. The summed E-state index contributed by atoms with van der Waals surface area (Å²) >= 11 is 1.74. The molecule has 19 heavy (non-hydrogen) atoms. The summed E-state index contributed by atoms with van der Waals surface area (Å²) < 4.78 is 1.93. The molecule has 0 atom stereocenters. The highest BCUT2D eigenvalue weighted by Gasteiger charge is 1.99. The second-order valence-electron chi connectivity index (χ2n) is 4.21. The van der Waals surface area contributed by atoms with Crippen molar-refractivity contribution in [2.45, 2.75) is 20.0 Å². The van der Waals surface area contributed by atoms with Gasteiger partial charge >= 0.3 is 0 Å². The van der Waals surface area contributed by atoms with E-state index in [0.29, 0.717) is 0 Å². The van der Waals surface area contributed by atoms with Crippen LogP contribution in [0.3, 0.4) is 0 Å². The highest BCUT2D eigenvalue weighted by atomic mass is 32.1. The summed E-state index contributed by atoms with van der Waals surface area (Å²) in [5, 5.41) is 12.9. The van der Waals surface area contributed by atoms with E-state index < -0.39 is 0 Å². The Morgan fingerprint density at radius 1 is 1.47 bits per heavy atom. The molecule has 6 heteroatoms. The predicted molar refractivity (Wildman–Crippen MR) is 79.5 cm³/mol. The Morgan fingerprint density at radius 2 is 2.37 bits per heavy atom. The van der Waals surface area contributed by atoms with E-state index in [-0.39, 0.29) is 0 Å². The maximum atomic E-state index is 4.24. The van der Waals surface area contributed by atoms with Gasteiger partial charge in [0.2, 0.25) is 0 Å². The van der Waals surface area contributed by atoms with Crippen molar-refractivity contribution in [1.82, 2.24) is 20.4 Å². The second kappa shape index (κ2) is 6.94. The molecule has 0 amide bonds. The van der Waals surface area contributed by atoms with Gasteiger partial charge in [-0.3, -0.25) is 9.67 Å². The Kier molecular flexibility index (Phi) is 4.97. The number of nitrogens with one attached hydrogen (secondary N) is 2. The number of aryl methyl sites for hydroxylation is 1. The fourth-order valence-corrected chi connectivity index (χ4v) is 2.33. The minimum atomic E-state index is 0.797. The maximum absolute atomic E-state index is 4.24. The third-order valence-electron chi connectivity index (χ3n) is 2.63. The van der Waals surface area contributed by atoms with Crippen LogP contribution >= 0.6 is 11.3 Å². The van der Waals surface area contributed by atoms with Gasteiger partial charge in [-0.1, -0.05) is 6.07 Å². The van der Waals surface area contributed by atoms with Crippen molar-refractivity contribution in [3.63, 3.8) is 0 Å². The molecule has 2 N–H and O–H groups in total. The molecule has 0 bridgehead atoms. The van der Waals surface area contributed by atoms with Gasteiger partial charge in [0.25, 0.3) is 0 Å². The molecule has 0 unspecified atom stereocenters. The van der Waals surface area contributed by atoms with Crippen LogP contribution in [0.25, 0.3) is 0 Å². The molecule has 102 valence electrons. The van der Waals surface area contributed by atoms with Crippen molar-refractivity contribution in [2.24, 2.45) is 4.99 Å². The summed E-state index contributed by atoms with van der Waals surface area (Å²) in [7, 11) is 1.78. The third-order valence-corrected chi connectivity index (χ3v) is 3.51. The topological polar surface area (TPSA) is 54.2 Å². The number of guanidine groups is 1. The number of aromatic nitrogens is 2. The van der Waals surface area contributed by atoms with Gasteiger partial charge in [-0.25, -0.2) is 0 Å². The van der Waals surface area contributed by atoms with E-state index in [1.54, 1.807) is 18.4 Å². The summed E-state index contributed by atoms with van der Waals surface area (Å²) in [5.74, 6) is 0.817. The van der Waals surface area contributed by atoms with Crippen molar-refractivity contribution in [1.29, 1.82) is 0 Å². The van der Waals surface area contributed by atoms with Crippen molar-refractivity contribution >= 4 is 17.3 Å². The first-order chi connectivity index (χ1) is 9.28. The molecule has 0 aromatic carbocycles. The van der Waals surface area contributed by atoms with Crippen molar-refractivity contribution in [2.75, 3.05) is 13.6 Å². The molecule has 0 aliphatic heterocycles. The molecule has 0 spiro atoms. The van der Waals surface area contributed by atoms with E-state index in [0.717, 1.165) is 25.6 Å². The van der Waals surface area contributed by atoms with Gasteiger partial charge in [0, 0.05) is 24.7 Å². The predicted octanol–water partition coefficient (Wildman–Crippen LogP) is 1.62. The average Bonchev–Trinajstić information content (AvgIpc) is 3.05. The van der Waals surface area contributed by atoms with Gasteiger partial charge in [0.05, 0.1) is 19.3 Å². The number of hydrogen-bond acceptors (Lipinski definition) is 3. The Labute approximate surface area is 117 Å². The molecule has 0 radical (unpaired) electrons. The van der Waals surface area contributed by atoms with Crippen LogP contribution in [0.4, 0.5) is 0 Å². The van der Waals surface area contributed by atoms with Crippen LogP contribution in [0.2, 0.25) is 0 Å². The van der Waals surface area contributed by atoms with Crippen LogP contribution in [0.5, 0.6) is 0 Å². The lowest BCUT2D eigenvalue weighted by atomic mass is 10.4. The van der Waals surface area contributed by atoms with Crippen LogP contribution in [0, 0.1) is 6.92 Å². The molecule has 0 saturated heterocycles. The molecule has 2 heterocycles. The van der Waals surface area contributed by atoms with Crippen molar-refractivity contribution in [3.05, 3.63) is 40.3 Å². The molecule has 0 saturated carbocycles. The molecule has 0 aliphatic rings. The summed E-state index contributed by atoms with van der Waals surface area (Å²) in [6.07, 6.45) is 3.90. The molecule has 2 aromatic heterocycles. The van der Waals surface area contributed by atoms with Crippen LogP contribution < -0.4 is 10.6 Å². The highest BCUT2D eigenvalue weighted by Crippen LogP contribution is 2.06. The molecule has 5 nitrogen and oxygen atoms in total. The van der Waals surface area contributed by atoms with E-state index in [9.17, 15) is 0 Å². The van der Waals surface area contributed by atoms with Crippen LogP contribution in [-0.2, 0) is 13.1 Å². The maximum Gasteiger partial charge on any atom is 0.191 e. The molecule has 2 aromatic rings. The number of hydrogen-bond donors (Lipinski definition) is 2.